The molecule has 0 aromatic heterocycles. The molecule has 16 heteroatoms. The summed E-state index contributed by atoms with van der Waals surface area (Å²) in [5.74, 6) is 6.89. The molecule has 0 radical (unpaired) electrons. The van der Waals surface area contributed by atoms with E-state index in [1.165, 1.54) is 29.8 Å². The maximum Gasteiger partial charge on any atom is 0.160 e. The highest BCUT2D eigenvalue weighted by Crippen LogP contribution is 2.51. The molecular weight excluding hydrogens is 1580 g/mol. The van der Waals surface area contributed by atoms with Gasteiger partial charge >= 0.3 is 0 Å². The largest absolute Gasteiger partial charge is 1.00 e. The fraction of sp³-hybridized carbons (Fsp3) is 0.0638. The molecule has 0 atom stereocenters. The van der Waals surface area contributed by atoms with E-state index in [1.807, 2.05) is 0 Å². The summed E-state index contributed by atoms with van der Waals surface area (Å²) in [5, 5.41) is 18.9. The molecule has 0 aliphatic heterocycles. The Labute approximate surface area is 457 Å². The summed E-state index contributed by atoms with van der Waals surface area (Å²) < 4.78 is 97.1. The third kappa shape index (κ3) is 17.6. The molecular formula is C47H24BrF6I6N2P. The molecule has 5 aromatic carbocycles. The minimum Gasteiger partial charge on any atom is -1.00 e. The van der Waals surface area contributed by atoms with Gasteiger partial charge in [0.2, 0.25) is 0 Å². The van der Waals surface area contributed by atoms with Crippen LogP contribution in [-0.4, -0.2) is 6.66 Å². The number of nitrogens with zero attached hydrogens (tertiary/aromatic N) is 2. The Morgan fingerprint density at radius 3 is 0.635 bits per heavy atom. The highest BCUT2D eigenvalue weighted by atomic mass is 127. The Bertz CT molecular complexity index is 2360. The normalized spacial score (nSPS) is 8.59. The summed E-state index contributed by atoms with van der Waals surface area (Å²) in [6.07, 6.45) is 0. The second-order valence-electron chi connectivity index (χ2n) is 10.9. The van der Waals surface area contributed by atoms with Crippen LogP contribution in [0.2, 0.25) is 0 Å². The first kappa shape index (κ1) is 60.3. The van der Waals surface area contributed by atoms with Gasteiger partial charge in [-0.2, -0.15) is 10.5 Å². The lowest BCUT2D eigenvalue weighted by molar-refractivity contribution is -0.0000155. The van der Waals surface area contributed by atoms with E-state index >= 15 is 0 Å². The molecule has 0 unspecified atom stereocenters. The molecule has 5 rings (SSSR count). The Kier molecular flexibility index (Phi) is 32.3. The fourth-order valence-electron chi connectivity index (χ4n) is 4.90. The zero-order valence-electron chi connectivity index (χ0n) is 32.4. The van der Waals surface area contributed by atoms with Crippen LogP contribution in [0.3, 0.4) is 0 Å². The van der Waals surface area contributed by atoms with Crippen LogP contribution < -0.4 is 32.9 Å². The van der Waals surface area contributed by atoms with Gasteiger partial charge in [0.1, 0.15) is 23.2 Å². The molecule has 318 valence electrons. The summed E-state index contributed by atoms with van der Waals surface area (Å²) in [5.41, 5.74) is -3.12. The number of nitriles is 2. The summed E-state index contributed by atoms with van der Waals surface area (Å²) in [7, 11) is -1.53. The summed E-state index contributed by atoms with van der Waals surface area (Å²) in [6, 6.07) is 36.1. The van der Waals surface area contributed by atoms with E-state index < -0.39 is 75.5 Å². The number of rotatable bonds is 3. The van der Waals surface area contributed by atoms with Crippen molar-refractivity contribution >= 4 is 159 Å². The van der Waals surface area contributed by atoms with Crippen molar-refractivity contribution in [3.8, 4) is 71.2 Å². The molecule has 2 nitrogen and oxygen atoms in total. The minimum atomic E-state index is -1.53. The number of benzene rings is 5. The Balaban J connectivity index is 0.000000855. The van der Waals surface area contributed by atoms with Crippen molar-refractivity contribution in [1.29, 1.82) is 10.5 Å². The van der Waals surface area contributed by atoms with E-state index in [-0.39, 0.29) is 17.0 Å². The maximum atomic E-state index is 13.8. The lowest BCUT2D eigenvalue weighted by Crippen LogP contribution is -3.00. The number of hydrogen-bond donors (Lipinski definition) is 0. The molecule has 5 aromatic rings. The Morgan fingerprint density at radius 2 is 0.508 bits per heavy atom. The number of halogens is 13. The molecule has 0 spiro atoms. The van der Waals surface area contributed by atoms with Crippen LogP contribution >= 0.6 is 143 Å². The zero-order chi connectivity index (χ0) is 46.7. The van der Waals surface area contributed by atoms with Crippen molar-refractivity contribution in [2.45, 2.75) is 13.8 Å². The first-order valence-electron chi connectivity index (χ1n) is 16.6. The highest BCUT2D eigenvalue weighted by molar-refractivity contribution is 14.1. The number of hydrogen-bond acceptors (Lipinski definition) is 2. The topological polar surface area (TPSA) is 47.6 Å². The van der Waals surface area contributed by atoms with Gasteiger partial charge in [0.25, 0.3) is 0 Å². The van der Waals surface area contributed by atoms with Gasteiger partial charge in [0, 0.05) is 149 Å². The van der Waals surface area contributed by atoms with Crippen LogP contribution in [0.25, 0.3) is 0 Å². The molecule has 63 heavy (non-hydrogen) atoms. The molecule has 0 heterocycles. The van der Waals surface area contributed by atoms with Gasteiger partial charge in [-0.15, -0.1) is 0 Å². The van der Waals surface area contributed by atoms with E-state index in [2.05, 4.69) is 157 Å². The first-order chi connectivity index (χ1) is 29.8. The average molecular weight is 1600 g/mol. The smallest absolute Gasteiger partial charge is 0.160 e. The molecule has 0 bridgehead atoms. The highest BCUT2D eigenvalue weighted by Gasteiger charge is 2.39. The van der Waals surface area contributed by atoms with Gasteiger partial charge in [-0.3, -0.25) is 0 Å². The maximum absolute atomic E-state index is 13.8. The molecule has 0 saturated carbocycles. The molecule has 0 aliphatic rings. The van der Waals surface area contributed by atoms with Gasteiger partial charge in [0.15, 0.2) is 34.9 Å². The van der Waals surface area contributed by atoms with E-state index in [4.69, 9.17) is 10.5 Å². The summed E-state index contributed by atoms with van der Waals surface area (Å²) in [6.45, 7) is 5.27. The van der Waals surface area contributed by atoms with Gasteiger partial charge in [-0.25, -0.2) is 26.3 Å². The molecule has 0 aliphatic carbocycles. The second kappa shape index (κ2) is 33.7. The lowest BCUT2D eigenvalue weighted by atomic mass is 10.0. The van der Waals surface area contributed by atoms with Crippen molar-refractivity contribution in [2.75, 3.05) is 6.66 Å². The van der Waals surface area contributed by atoms with Crippen molar-refractivity contribution in [3.05, 3.63) is 159 Å². The monoisotopic (exact) mass is 1600 g/mol. The minimum absolute atomic E-state index is 0. The van der Waals surface area contributed by atoms with Crippen LogP contribution in [0, 0.1) is 117 Å². The van der Waals surface area contributed by atoms with Crippen molar-refractivity contribution < 1.29 is 43.3 Å². The van der Waals surface area contributed by atoms with E-state index in [0.29, 0.717) is 0 Å². The van der Waals surface area contributed by atoms with Gasteiger partial charge in [-0.1, -0.05) is 54.6 Å². The van der Waals surface area contributed by atoms with Crippen LogP contribution in [0.1, 0.15) is 47.2 Å². The molecule has 0 amide bonds. The standard InChI is InChI=1S/C19H18P.2C12F3I3.2C2H3N.BrH/c1-20(17-11-5-2-6-12-17,18-13-7-3-8-14-18)19-15-9-4-10-16-19;2*13-10-7(1-4-16)11(14)9(3-6-18)12(15)8(10)2-5-17;2*1-2-3;/h2-16H,1H3;;;2*1H3;1H/q+1;;;;;/p-1. The SMILES string of the molecule is CC#N.CC#N.C[P+](c1ccccc1)(c1ccccc1)c1ccccc1.Fc1c(C#CI)c(F)c(C#CI)c(F)c1C#CI.Fc1c(C#CI)c(F)c(C#CI)c(F)c1C#CI.[Br-]. The second-order valence-corrected chi connectivity index (χ2v) is 17.7. The third-order valence-electron chi connectivity index (χ3n) is 7.49. The molecule has 0 N–H and O–H groups in total. The molecule has 0 fully saturated rings. The van der Waals surface area contributed by atoms with Crippen molar-refractivity contribution in [3.63, 3.8) is 0 Å². The fourth-order valence-corrected chi connectivity index (χ4v) is 9.71. The average Bonchev–Trinajstić information content (AvgIpc) is 3.29. The van der Waals surface area contributed by atoms with E-state index in [0.717, 1.165) is 0 Å². The molecule has 0 saturated heterocycles. The predicted octanol–water partition coefficient (Wildman–Crippen LogP) is 10.3. The van der Waals surface area contributed by atoms with Crippen molar-refractivity contribution in [1.82, 2.24) is 0 Å². The quantitative estimate of drug-likeness (QED) is 0.0782. The van der Waals surface area contributed by atoms with Gasteiger partial charge in [0.05, 0.1) is 52.2 Å². The summed E-state index contributed by atoms with van der Waals surface area (Å²) >= 11 is 9.82. The van der Waals surface area contributed by atoms with Crippen LogP contribution in [0.15, 0.2) is 91.0 Å². The van der Waals surface area contributed by atoms with Crippen molar-refractivity contribution in [2.24, 2.45) is 0 Å². The van der Waals surface area contributed by atoms with E-state index in [9.17, 15) is 26.3 Å². The zero-order valence-corrected chi connectivity index (χ0v) is 47.8. The van der Waals surface area contributed by atoms with Gasteiger partial charge < -0.3 is 17.0 Å². The Hall–Kier alpha value is -2.69. The third-order valence-corrected chi connectivity index (χ3v) is 13.1. The first-order valence-corrected chi connectivity index (χ1v) is 25.3. The Morgan fingerprint density at radius 1 is 0.365 bits per heavy atom. The van der Waals surface area contributed by atoms with E-state index in [1.54, 1.807) is 148 Å². The van der Waals surface area contributed by atoms with Crippen LogP contribution in [-0.2, 0) is 0 Å². The predicted molar refractivity (Wildman–Crippen MR) is 292 cm³/mol. The summed E-state index contributed by atoms with van der Waals surface area (Å²) in [4.78, 5) is 0. The van der Waals surface area contributed by atoms with Crippen LogP contribution in [0.5, 0.6) is 0 Å². The van der Waals surface area contributed by atoms with Crippen LogP contribution in [0.4, 0.5) is 26.3 Å². The lowest BCUT2D eigenvalue weighted by Gasteiger charge is -2.22. The van der Waals surface area contributed by atoms with Gasteiger partial charge in [-0.05, 0) is 95.5 Å².